The van der Waals surface area contributed by atoms with Crippen LogP contribution in [-0.2, 0) is 0 Å². The van der Waals surface area contributed by atoms with E-state index in [-0.39, 0.29) is 10.6 Å². The van der Waals surface area contributed by atoms with Crippen molar-refractivity contribution in [3.05, 3.63) is 49.7 Å². The maximum atomic E-state index is 10.8. The van der Waals surface area contributed by atoms with Crippen LogP contribution in [0.1, 0.15) is 15.3 Å². The fourth-order valence-electron chi connectivity index (χ4n) is 1.91. The highest BCUT2D eigenvalue weighted by molar-refractivity contribution is 7.12. The van der Waals surface area contributed by atoms with Gasteiger partial charge in [0, 0.05) is 21.9 Å². The van der Waals surface area contributed by atoms with Gasteiger partial charge in [-0.25, -0.2) is 0 Å². The Morgan fingerprint density at radius 2 is 1.82 bits per heavy atom. The standard InChI is InChI=1S/C13H13NO2S/c1-8-4-5-11(14(15)16)7-12(8)13-6-9(2)17-10(13)3/h4-7H,1-3H3. The van der Waals surface area contributed by atoms with Gasteiger partial charge in [0.2, 0.25) is 0 Å². The molecule has 0 saturated heterocycles. The van der Waals surface area contributed by atoms with Crippen LogP contribution in [0.3, 0.4) is 0 Å². The SMILES string of the molecule is Cc1cc(-c2cc([N+](=O)[O-])ccc2C)c(C)s1. The normalized spacial score (nSPS) is 10.5. The van der Waals surface area contributed by atoms with E-state index >= 15 is 0 Å². The Balaban J connectivity index is 2.62. The molecule has 0 radical (unpaired) electrons. The molecular weight excluding hydrogens is 234 g/mol. The van der Waals surface area contributed by atoms with Crippen molar-refractivity contribution in [2.24, 2.45) is 0 Å². The Kier molecular flexibility index (Phi) is 2.98. The van der Waals surface area contributed by atoms with E-state index in [1.165, 1.54) is 9.75 Å². The zero-order valence-corrected chi connectivity index (χ0v) is 10.8. The van der Waals surface area contributed by atoms with E-state index in [1.54, 1.807) is 29.5 Å². The number of nitro benzene ring substituents is 1. The topological polar surface area (TPSA) is 43.1 Å². The van der Waals surface area contributed by atoms with E-state index in [2.05, 4.69) is 6.07 Å². The van der Waals surface area contributed by atoms with Gasteiger partial charge in [-0.05, 0) is 43.5 Å². The molecule has 1 aromatic carbocycles. The van der Waals surface area contributed by atoms with Gasteiger partial charge in [-0.3, -0.25) is 10.1 Å². The van der Waals surface area contributed by atoms with Crippen LogP contribution < -0.4 is 0 Å². The van der Waals surface area contributed by atoms with Gasteiger partial charge < -0.3 is 0 Å². The minimum Gasteiger partial charge on any atom is -0.258 e. The van der Waals surface area contributed by atoms with E-state index < -0.39 is 0 Å². The molecule has 0 aliphatic rings. The summed E-state index contributed by atoms with van der Waals surface area (Å²) < 4.78 is 0. The largest absolute Gasteiger partial charge is 0.270 e. The molecular formula is C13H13NO2S. The van der Waals surface area contributed by atoms with Gasteiger partial charge >= 0.3 is 0 Å². The summed E-state index contributed by atoms with van der Waals surface area (Å²) in [7, 11) is 0. The van der Waals surface area contributed by atoms with Crippen LogP contribution in [-0.4, -0.2) is 4.92 Å². The maximum Gasteiger partial charge on any atom is 0.270 e. The number of thiophene rings is 1. The zero-order chi connectivity index (χ0) is 12.6. The molecule has 4 heteroatoms. The smallest absolute Gasteiger partial charge is 0.258 e. The summed E-state index contributed by atoms with van der Waals surface area (Å²) in [5, 5.41) is 10.8. The van der Waals surface area contributed by atoms with Crippen molar-refractivity contribution >= 4 is 17.0 Å². The first kappa shape index (κ1) is 11.8. The highest BCUT2D eigenvalue weighted by Gasteiger charge is 2.13. The Morgan fingerprint density at radius 1 is 1.12 bits per heavy atom. The van der Waals surface area contributed by atoms with Crippen LogP contribution in [0.4, 0.5) is 5.69 Å². The van der Waals surface area contributed by atoms with Crippen LogP contribution in [0.2, 0.25) is 0 Å². The molecule has 0 amide bonds. The minimum atomic E-state index is -0.350. The van der Waals surface area contributed by atoms with E-state index in [0.717, 1.165) is 16.7 Å². The molecule has 0 spiro atoms. The average molecular weight is 247 g/mol. The molecule has 0 aliphatic heterocycles. The second kappa shape index (κ2) is 4.30. The lowest BCUT2D eigenvalue weighted by Gasteiger charge is -2.04. The number of rotatable bonds is 2. The molecule has 0 unspecified atom stereocenters. The molecule has 1 heterocycles. The number of hydrogen-bond acceptors (Lipinski definition) is 3. The molecule has 0 atom stereocenters. The number of benzene rings is 1. The average Bonchev–Trinajstić information content (AvgIpc) is 2.58. The number of hydrogen-bond donors (Lipinski definition) is 0. The first-order valence-electron chi connectivity index (χ1n) is 5.31. The number of nitrogens with zero attached hydrogens (tertiary/aromatic N) is 1. The van der Waals surface area contributed by atoms with Crippen molar-refractivity contribution in [1.82, 2.24) is 0 Å². The molecule has 2 rings (SSSR count). The molecule has 0 N–H and O–H groups in total. The van der Waals surface area contributed by atoms with E-state index in [4.69, 9.17) is 0 Å². The summed E-state index contributed by atoms with van der Waals surface area (Å²) in [6, 6.07) is 7.10. The monoisotopic (exact) mass is 247 g/mol. The third-order valence-electron chi connectivity index (χ3n) is 2.76. The third kappa shape index (κ3) is 2.22. The molecule has 0 fully saturated rings. The van der Waals surface area contributed by atoms with E-state index in [0.29, 0.717) is 0 Å². The van der Waals surface area contributed by atoms with Crippen LogP contribution >= 0.6 is 11.3 Å². The first-order chi connectivity index (χ1) is 7.99. The Morgan fingerprint density at radius 3 is 2.35 bits per heavy atom. The van der Waals surface area contributed by atoms with Crippen molar-refractivity contribution in [3.63, 3.8) is 0 Å². The lowest BCUT2D eigenvalue weighted by Crippen LogP contribution is -1.90. The molecule has 0 saturated carbocycles. The second-order valence-electron chi connectivity index (χ2n) is 4.08. The summed E-state index contributed by atoms with van der Waals surface area (Å²) in [4.78, 5) is 12.9. The third-order valence-corrected chi connectivity index (χ3v) is 3.73. The minimum absolute atomic E-state index is 0.147. The van der Waals surface area contributed by atoms with Gasteiger partial charge in [0.25, 0.3) is 5.69 Å². The summed E-state index contributed by atoms with van der Waals surface area (Å²) in [6.07, 6.45) is 0. The van der Waals surface area contributed by atoms with E-state index in [1.807, 2.05) is 20.8 Å². The molecule has 0 aliphatic carbocycles. The van der Waals surface area contributed by atoms with Gasteiger partial charge in [-0.2, -0.15) is 0 Å². The zero-order valence-electron chi connectivity index (χ0n) is 9.98. The molecule has 2 aromatic rings. The Hall–Kier alpha value is -1.68. The van der Waals surface area contributed by atoms with Crippen molar-refractivity contribution in [2.75, 3.05) is 0 Å². The Labute approximate surface area is 104 Å². The number of non-ortho nitro benzene ring substituents is 1. The molecule has 1 aromatic heterocycles. The summed E-state index contributed by atoms with van der Waals surface area (Å²) in [6.45, 7) is 6.07. The van der Waals surface area contributed by atoms with Gasteiger partial charge in [0.15, 0.2) is 0 Å². The van der Waals surface area contributed by atoms with Crippen molar-refractivity contribution in [2.45, 2.75) is 20.8 Å². The quantitative estimate of drug-likeness (QED) is 0.588. The first-order valence-corrected chi connectivity index (χ1v) is 6.13. The predicted octanol–water partition coefficient (Wildman–Crippen LogP) is 4.25. The van der Waals surface area contributed by atoms with Crippen LogP contribution in [0.25, 0.3) is 11.1 Å². The molecule has 17 heavy (non-hydrogen) atoms. The molecule has 88 valence electrons. The van der Waals surface area contributed by atoms with Gasteiger partial charge in [-0.15, -0.1) is 11.3 Å². The van der Waals surface area contributed by atoms with Crippen LogP contribution in [0.5, 0.6) is 0 Å². The highest BCUT2D eigenvalue weighted by atomic mass is 32.1. The predicted molar refractivity (Wildman–Crippen MR) is 70.6 cm³/mol. The van der Waals surface area contributed by atoms with Crippen LogP contribution in [0, 0.1) is 30.9 Å². The second-order valence-corrected chi connectivity index (χ2v) is 5.54. The molecule has 0 bridgehead atoms. The van der Waals surface area contributed by atoms with Gasteiger partial charge in [0.05, 0.1) is 4.92 Å². The molecule has 3 nitrogen and oxygen atoms in total. The summed E-state index contributed by atoms with van der Waals surface area (Å²) in [5.74, 6) is 0. The van der Waals surface area contributed by atoms with Crippen molar-refractivity contribution in [1.29, 1.82) is 0 Å². The maximum absolute atomic E-state index is 10.8. The highest BCUT2D eigenvalue weighted by Crippen LogP contribution is 2.34. The van der Waals surface area contributed by atoms with Crippen LogP contribution in [0.15, 0.2) is 24.3 Å². The van der Waals surface area contributed by atoms with Crippen molar-refractivity contribution in [3.8, 4) is 11.1 Å². The lowest BCUT2D eigenvalue weighted by atomic mass is 10.0. The summed E-state index contributed by atoms with van der Waals surface area (Å²) >= 11 is 1.72. The fourth-order valence-corrected chi connectivity index (χ4v) is 2.85. The van der Waals surface area contributed by atoms with E-state index in [9.17, 15) is 10.1 Å². The number of aryl methyl sites for hydroxylation is 3. The summed E-state index contributed by atoms with van der Waals surface area (Å²) in [5.41, 5.74) is 3.28. The number of nitro groups is 1. The lowest BCUT2D eigenvalue weighted by molar-refractivity contribution is -0.384. The van der Waals surface area contributed by atoms with Crippen molar-refractivity contribution < 1.29 is 4.92 Å². The van der Waals surface area contributed by atoms with Gasteiger partial charge in [0.1, 0.15) is 0 Å². The fraction of sp³-hybridized carbons (Fsp3) is 0.231. The van der Waals surface area contributed by atoms with Gasteiger partial charge in [-0.1, -0.05) is 6.07 Å². The Bertz CT molecular complexity index is 587.